The molecule has 1 aromatic rings. The second kappa shape index (κ2) is 3.65. The molecule has 0 bridgehead atoms. The molecule has 4 nitrogen and oxygen atoms in total. The number of nitrogens with one attached hydrogen (secondary N) is 1. The Kier molecular flexibility index (Phi) is 2.35. The second-order valence-electron chi connectivity index (χ2n) is 3.59. The van der Waals surface area contributed by atoms with Crippen LogP contribution in [0.15, 0.2) is 18.3 Å². The minimum Gasteiger partial charge on any atom is -0.383 e. The first-order valence-electron chi connectivity index (χ1n) is 4.76. The first-order valence-corrected chi connectivity index (χ1v) is 4.76. The number of amides is 1. The predicted molar refractivity (Wildman–Crippen MR) is 53.7 cm³/mol. The van der Waals surface area contributed by atoms with Gasteiger partial charge in [-0.2, -0.15) is 0 Å². The number of hydrogen-bond acceptors (Lipinski definition) is 3. The summed E-state index contributed by atoms with van der Waals surface area (Å²) in [4.78, 5) is 15.4. The summed E-state index contributed by atoms with van der Waals surface area (Å²) in [7, 11) is 0. The molecule has 0 radical (unpaired) electrons. The second-order valence-corrected chi connectivity index (χ2v) is 3.59. The van der Waals surface area contributed by atoms with Crippen LogP contribution >= 0.6 is 0 Å². The number of carbonyl (C=O) groups is 1. The van der Waals surface area contributed by atoms with Crippen LogP contribution in [0.1, 0.15) is 23.2 Å². The lowest BCUT2D eigenvalue weighted by Gasteiger charge is -2.05. The van der Waals surface area contributed by atoms with Crippen molar-refractivity contribution in [3.63, 3.8) is 0 Å². The third-order valence-corrected chi connectivity index (χ3v) is 2.33. The van der Waals surface area contributed by atoms with E-state index in [4.69, 9.17) is 5.73 Å². The monoisotopic (exact) mass is 191 g/mol. The van der Waals surface area contributed by atoms with Gasteiger partial charge < -0.3 is 11.1 Å². The van der Waals surface area contributed by atoms with E-state index in [1.165, 1.54) is 12.8 Å². The van der Waals surface area contributed by atoms with Crippen molar-refractivity contribution in [1.82, 2.24) is 10.3 Å². The number of hydrogen-bond donors (Lipinski definition) is 2. The maximum atomic E-state index is 11.6. The van der Waals surface area contributed by atoms with E-state index in [0.29, 0.717) is 17.3 Å². The Morgan fingerprint density at radius 2 is 2.43 bits per heavy atom. The first kappa shape index (κ1) is 8.99. The zero-order valence-electron chi connectivity index (χ0n) is 7.86. The van der Waals surface area contributed by atoms with Gasteiger partial charge in [0.1, 0.15) is 5.82 Å². The van der Waals surface area contributed by atoms with E-state index in [9.17, 15) is 4.79 Å². The average Bonchev–Trinajstić information content (AvgIpc) is 2.98. The van der Waals surface area contributed by atoms with E-state index in [1.54, 1.807) is 18.3 Å². The quantitative estimate of drug-likeness (QED) is 0.742. The molecule has 1 aliphatic rings. The SMILES string of the molecule is Nc1ncccc1C(=O)NCC1CC1. The Bertz CT molecular complexity index is 347. The van der Waals surface area contributed by atoms with E-state index in [0.717, 1.165) is 6.54 Å². The number of nitrogens with two attached hydrogens (primary N) is 1. The Hall–Kier alpha value is -1.58. The maximum absolute atomic E-state index is 11.6. The summed E-state index contributed by atoms with van der Waals surface area (Å²) in [5, 5.41) is 2.84. The normalized spacial score (nSPS) is 15.1. The van der Waals surface area contributed by atoms with Crippen LogP contribution in [0.2, 0.25) is 0 Å². The van der Waals surface area contributed by atoms with Crippen LogP contribution in [0, 0.1) is 5.92 Å². The Balaban J connectivity index is 1.98. The molecule has 14 heavy (non-hydrogen) atoms. The van der Waals surface area contributed by atoms with Crippen LogP contribution in [0.5, 0.6) is 0 Å². The van der Waals surface area contributed by atoms with E-state index in [1.807, 2.05) is 0 Å². The largest absolute Gasteiger partial charge is 0.383 e. The molecule has 0 aromatic carbocycles. The van der Waals surface area contributed by atoms with Crippen molar-refractivity contribution in [2.45, 2.75) is 12.8 Å². The molecule has 1 aliphatic carbocycles. The summed E-state index contributed by atoms with van der Waals surface area (Å²) in [6, 6.07) is 3.40. The lowest BCUT2D eigenvalue weighted by atomic mass is 10.2. The number of anilines is 1. The third kappa shape index (κ3) is 2.02. The zero-order chi connectivity index (χ0) is 9.97. The van der Waals surface area contributed by atoms with Gasteiger partial charge in [-0.25, -0.2) is 4.98 Å². The van der Waals surface area contributed by atoms with Gasteiger partial charge in [0.15, 0.2) is 0 Å². The third-order valence-electron chi connectivity index (χ3n) is 2.33. The molecule has 0 aliphatic heterocycles. The topological polar surface area (TPSA) is 68.0 Å². The van der Waals surface area contributed by atoms with Gasteiger partial charge in [-0.1, -0.05) is 0 Å². The number of nitrogen functional groups attached to an aromatic ring is 1. The highest BCUT2D eigenvalue weighted by atomic mass is 16.1. The molecule has 0 unspecified atom stereocenters. The number of pyridine rings is 1. The molecular formula is C10H13N3O. The van der Waals surface area contributed by atoms with Crippen LogP contribution in [-0.4, -0.2) is 17.4 Å². The molecular weight excluding hydrogens is 178 g/mol. The summed E-state index contributed by atoms with van der Waals surface area (Å²) in [6.07, 6.45) is 4.03. The molecule has 0 saturated heterocycles. The van der Waals surface area contributed by atoms with E-state index >= 15 is 0 Å². The van der Waals surface area contributed by atoms with Crippen LogP contribution in [0.4, 0.5) is 5.82 Å². The zero-order valence-corrected chi connectivity index (χ0v) is 7.86. The smallest absolute Gasteiger partial charge is 0.255 e. The number of aromatic nitrogens is 1. The molecule has 0 spiro atoms. The van der Waals surface area contributed by atoms with Crippen LogP contribution in [0.25, 0.3) is 0 Å². The molecule has 1 amide bonds. The van der Waals surface area contributed by atoms with E-state index in [-0.39, 0.29) is 5.91 Å². The van der Waals surface area contributed by atoms with Crippen molar-refractivity contribution >= 4 is 11.7 Å². The van der Waals surface area contributed by atoms with Gasteiger partial charge in [-0.05, 0) is 30.9 Å². The fourth-order valence-corrected chi connectivity index (χ4v) is 1.26. The lowest BCUT2D eigenvalue weighted by molar-refractivity contribution is 0.0952. The lowest BCUT2D eigenvalue weighted by Crippen LogP contribution is -2.26. The molecule has 2 rings (SSSR count). The van der Waals surface area contributed by atoms with Crippen molar-refractivity contribution < 1.29 is 4.79 Å². The average molecular weight is 191 g/mol. The fraction of sp³-hybridized carbons (Fsp3) is 0.400. The highest BCUT2D eigenvalue weighted by molar-refractivity contribution is 5.98. The molecule has 74 valence electrons. The highest BCUT2D eigenvalue weighted by Gasteiger charge is 2.22. The summed E-state index contributed by atoms with van der Waals surface area (Å²) in [5.41, 5.74) is 6.04. The van der Waals surface area contributed by atoms with Gasteiger partial charge in [0.05, 0.1) is 5.56 Å². The number of rotatable bonds is 3. The van der Waals surface area contributed by atoms with Crippen LogP contribution < -0.4 is 11.1 Å². The molecule has 0 atom stereocenters. The van der Waals surface area contributed by atoms with E-state index < -0.39 is 0 Å². The van der Waals surface area contributed by atoms with Crippen LogP contribution in [0.3, 0.4) is 0 Å². The summed E-state index contributed by atoms with van der Waals surface area (Å²) in [5.74, 6) is 0.847. The van der Waals surface area contributed by atoms with Crippen molar-refractivity contribution in [2.24, 2.45) is 5.92 Å². The molecule has 1 saturated carbocycles. The molecule has 1 aromatic heterocycles. The summed E-state index contributed by atoms with van der Waals surface area (Å²) >= 11 is 0. The van der Waals surface area contributed by atoms with Crippen molar-refractivity contribution in [1.29, 1.82) is 0 Å². The first-order chi connectivity index (χ1) is 6.77. The highest BCUT2D eigenvalue weighted by Crippen LogP contribution is 2.27. The maximum Gasteiger partial charge on any atom is 0.255 e. The van der Waals surface area contributed by atoms with Crippen molar-refractivity contribution in [2.75, 3.05) is 12.3 Å². The van der Waals surface area contributed by atoms with Crippen LogP contribution in [-0.2, 0) is 0 Å². The molecule has 1 fully saturated rings. The number of nitrogens with zero attached hydrogens (tertiary/aromatic N) is 1. The Morgan fingerprint density at radius 1 is 1.64 bits per heavy atom. The van der Waals surface area contributed by atoms with E-state index in [2.05, 4.69) is 10.3 Å². The minimum atomic E-state index is -0.123. The Morgan fingerprint density at radius 3 is 3.07 bits per heavy atom. The standard InChI is InChI=1S/C10H13N3O/c11-9-8(2-1-5-12-9)10(14)13-6-7-3-4-7/h1-2,5,7H,3-4,6H2,(H2,11,12)(H,13,14). The molecule has 4 heteroatoms. The molecule has 3 N–H and O–H groups in total. The van der Waals surface area contributed by atoms with Crippen molar-refractivity contribution in [3.8, 4) is 0 Å². The Labute approximate surface area is 82.5 Å². The van der Waals surface area contributed by atoms with Gasteiger partial charge in [-0.15, -0.1) is 0 Å². The van der Waals surface area contributed by atoms with Gasteiger partial charge in [0, 0.05) is 12.7 Å². The van der Waals surface area contributed by atoms with Gasteiger partial charge in [0.25, 0.3) is 5.91 Å². The van der Waals surface area contributed by atoms with Gasteiger partial charge >= 0.3 is 0 Å². The summed E-state index contributed by atoms with van der Waals surface area (Å²) < 4.78 is 0. The minimum absolute atomic E-state index is 0.123. The fourth-order valence-electron chi connectivity index (χ4n) is 1.26. The predicted octanol–water partition coefficient (Wildman–Crippen LogP) is 0.804. The van der Waals surface area contributed by atoms with Gasteiger partial charge in [0.2, 0.25) is 0 Å². The van der Waals surface area contributed by atoms with Gasteiger partial charge in [-0.3, -0.25) is 4.79 Å². The number of carbonyl (C=O) groups excluding carboxylic acids is 1. The molecule has 1 heterocycles. The summed E-state index contributed by atoms with van der Waals surface area (Å²) in [6.45, 7) is 0.757. The van der Waals surface area contributed by atoms with Crippen molar-refractivity contribution in [3.05, 3.63) is 23.9 Å².